The number of hydrogen-bond donors (Lipinski definition) is 2. The predicted octanol–water partition coefficient (Wildman–Crippen LogP) is 8.51. The van der Waals surface area contributed by atoms with Crippen molar-refractivity contribution in [2.24, 2.45) is 10.8 Å². The minimum absolute atomic E-state index is 0.0219. The van der Waals surface area contributed by atoms with Gasteiger partial charge in [0.1, 0.15) is 6.10 Å². The Morgan fingerprint density at radius 3 is 2.22 bits per heavy atom. The van der Waals surface area contributed by atoms with Crippen molar-refractivity contribution in [1.29, 1.82) is 0 Å². The molecule has 0 aromatic rings. The molecule has 4 heterocycles. The molecule has 0 aliphatic carbocycles. The number of rotatable bonds is 12. The summed E-state index contributed by atoms with van der Waals surface area (Å²) >= 11 is 0. The van der Waals surface area contributed by atoms with E-state index in [1.165, 1.54) is 26.4 Å². The second kappa shape index (κ2) is 23.4. The number of aliphatic hydroxyl groups excluding tert-OH is 1. The zero-order chi connectivity index (χ0) is 48.4. The molecule has 15 heteroatoms. The van der Waals surface area contributed by atoms with Crippen LogP contribution in [0.15, 0.2) is 35.5 Å². The second-order valence-corrected chi connectivity index (χ2v) is 26.4. The molecule has 6 bridgehead atoms. The summed E-state index contributed by atoms with van der Waals surface area (Å²) in [5.41, 5.74) is -0.471. The lowest BCUT2D eigenvalue weighted by Crippen LogP contribution is -2.62. The first kappa shape index (κ1) is 54.7. The molecular weight excluding hydrogens is 853 g/mol. The van der Waals surface area contributed by atoms with E-state index in [-0.39, 0.29) is 73.0 Å². The van der Waals surface area contributed by atoms with Gasteiger partial charge in [0.25, 0.3) is 0 Å². The standard InChI is InChI=1S/C50H82O14Si/c1-13-14-15-16-17-18-42(52)63-46-34(27-44(54)58-10)26-39-30-40(32-59-65(11,12)47(2,3)4)62-45(55)29-35(51)28-37-19-21-48(5,6)41(61-37)31-38-24-33(25-43(53)57-9)23-36(60-38)20-22-49(7,8)50(46,56)64-39/h20,22,25,27,35-41,46,51,56H,13-19,21,23-24,26,28-32H2,1-12H3/b22-20+,33-25?,34-27+/t35-,36+,37+,38+,39+,40-,41+,46+,50-/m1/s1. The average Bonchev–Trinajstić information content (AvgIpc) is 3.20. The largest absolute Gasteiger partial charge is 0.466 e. The molecule has 9 atom stereocenters. The Kier molecular flexibility index (Phi) is 19.7. The van der Waals surface area contributed by atoms with Crippen molar-refractivity contribution in [2.75, 3.05) is 20.8 Å². The Morgan fingerprint density at radius 1 is 0.877 bits per heavy atom. The Balaban J connectivity index is 1.85. The van der Waals surface area contributed by atoms with E-state index >= 15 is 0 Å². The summed E-state index contributed by atoms with van der Waals surface area (Å²) in [7, 11) is 0.200. The van der Waals surface area contributed by atoms with Gasteiger partial charge in [0.15, 0.2) is 14.4 Å². The van der Waals surface area contributed by atoms with Gasteiger partial charge in [-0.15, -0.1) is 0 Å². The van der Waals surface area contributed by atoms with Crippen LogP contribution in [-0.4, -0.2) is 118 Å². The highest BCUT2D eigenvalue weighted by molar-refractivity contribution is 6.74. The minimum Gasteiger partial charge on any atom is -0.466 e. The van der Waals surface area contributed by atoms with Gasteiger partial charge in [-0.05, 0) is 67.6 Å². The maximum atomic E-state index is 13.8. The molecule has 0 aromatic heterocycles. The molecule has 4 aliphatic rings. The molecule has 2 N–H and O–H groups in total. The Labute approximate surface area is 389 Å². The number of cyclic esters (lactones) is 1. The molecule has 3 saturated heterocycles. The van der Waals surface area contributed by atoms with Crippen LogP contribution >= 0.6 is 0 Å². The van der Waals surface area contributed by atoms with Gasteiger partial charge in [0.2, 0.25) is 5.79 Å². The average molecular weight is 935 g/mol. The molecule has 0 aromatic carbocycles. The van der Waals surface area contributed by atoms with Gasteiger partial charge in [-0.25, -0.2) is 9.59 Å². The van der Waals surface area contributed by atoms with Crippen LogP contribution in [0.3, 0.4) is 0 Å². The third-order valence-corrected chi connectivity index (χ3v) is 18.7. The highest BCUT2D eigenvalue weighted by Gasteiger charge is 2.58. The topological polar surface area (TPSA) is 183 Å². The fourth-order valence-electron chi connectivity index (χ4n) is 8.94. The predicted molar refractivity (Wildman–Crippen MR) is 248 cm³/mol. The van der Waals surface area contributed by atoms with Crippen molar-refractivity contribution in [1.82, 2.24) is 0 Å². The summed E-state index contributed by atoms with van der Waals surface area (Å²) in [6, 6.07) is 0. The van der Waals surface area contributed by atoms with Gasteiger partial charge in [-0.1, -0.05) is 98.8 Å². The van der Waals surface area contributed by atoms with Crippen molar-refractivity contribution in [2.45, 2.75) is 224 Å². The summed E-state index contributed by atoms with van der Waals surface area (Å²) < 4.78 is 49.2. The number of ether oxygens (including phenoxy) is 7. The van der Waals surface area contributed by atoms with Gasteiger partial charge in [0.05, 0.1) is 63.9 Å². The van der Waals surface area contributed by atoms with Gasteiger partial charge in [0, 0.05) is 43.3 Å². The Hall–Kier alpha value is -2.92. The SMILES string of the molecule is CCCCCCCC(=O)O[C@H]1/C(=C/C(=O)OC)C[C@H]2C[C@H](CO[Si](C)(C)C(C)(C)C)OC(=O)C[C@H](O)C[C@@H]3CCC(C)(C)[C@H](C[C@@H]4CC(=CC(=O)OC)C[C@H](/C=C/C(C)(C)[C@]1(O)O2)O4)O3. The molecule has 370 valence electrons. The van der Waals surface area contributed by atoms with Gasteiger partial charge < -0.3 is 47.8 Å². The van der Waals surface area contributed by atoms with Crippen LogP contribution < -0.4 is 0 Å². The fourth-order valence-corrected chi connectivity index (χ4v) is 9.98. The smallest absolute Gasteiger partial charge is 0.330 e. The molecule has 4 aliphatic heterocycles. The van der Waals surface area contributed by atoms with Gasteiger partial charge in [-0.3, -0.25) is 9.59 Å². The van der Waals surface area contributed by atoms with E-state index in [0.29, 0.717) is 32.1 Å². The molecule has 65 heavy (non-hydrogen) atoms. The quantitative estimate of drug-likeness (QED) is 0.0474. The Bertz CT molecular complexity index is 1710. The van der Waals surface area contributed by atoms with E-state index in [1.807, 2.05) is 6.08 Å². The monoisotopic (exact) mass is 935 g/mol. The number of aliphatic hydroxyl groups is 2. The van der Waals surface area contributed by atoms with E-state index in [2.05, 4.69) is 54.6 Å². The third kappa shape index (κ3) is 15.6. The molecule has 0 unspecified atom stereocenters. The second-order valence-electron chi connectivity index (χ2n) is 21.6. The summed E-state index contributed by atoms with van der Waals surface area (Å²) in [5, 5.41) is 24.4. The highest BCUT2D eigenvalue weighted by atomic mass is 28.4. The summed E-state index contributed by atoms with van der Waals surface area (Å²) in [4.78, 5) is 53.1. The lowest BCUT2D eigenvalue weighted by molar-refractivity contribution is -0.327. The van der Waals surface area contributed by atoms with Crippen molar-refractivity contribution in [3.8, 4) is 0 Å². The van der Waals surface area contributed by atoms with Gasteiger partial charge >= 0.3 is 23.9 Å². The van der Waals surface area contributed by atoms with Crippen LogP contribution in [0.2, 0.25) is 18.1 Å². The molecule has 14 nitrogen and oxygen atoms in total. The van der Waals surface area contributed by atoms with E-state index in [0.717, 1.165) is 37.7 Å². The Morgan fingerprint density at radius 2 is 1.55 bits per heavy atom. The molecule has 4 rings (SSSR count). The molecule has 0 radical (unpaired) electrons. The minimum atomic E-state index is -2.38. The number of carbonyl (C=O) groups is 4. The molecular formula is C50H82O14Si. The lowest BCUT2D eigenvalue weighted by atomic mass is 9.74. The van der Waals surface area contributed by atoms with Crippen LogP contribution in [0.5, 0.6) is 0 Å². The van der Waals surface area contributed by atoms with Crippen LogP contribution in [0.4, 0.5) is 0 Å². The van der Waals surface area contributed by atoms with E-state index in [1.54, 1.807) is 19.9 Å². The summed E-state index contributed by atoms with van der Waals surface area (Å²) in [5.74, 6) is -4.65. The van der Waals surface area contributed by atoms with Crippen LogP contribution in [0.25, 0.3) is 0 Å². The fraction of sp³-hybridized carbons (Fsp3) is 0.800. The third-order valence-electron chi connectivity index (χ3n) is 14.2. The van der Waals surface area contributed by atoms with E-state index in [4.69, 9.17) is 37.6 Å². The van der Waals surface area contributed by atoms with Crippen molar-refractivity contribution in [3.05, 3.63) is 35.5 Å². The molecule has 0 amide bonds. The molecule has 0 saturated carbocycles. The zero-order valence-electron chi connectivity index (χ0n) is 41.5. The van der Waals surface area contributed by atoms with Crippen molar-refractivity contribution < 1.29 is 67.0 Å². The summed E-state index contributed by atoms with van der Waals surface area (Å²) in [6.45, 7) is 20.5. The number of carbonyl (C=O) groups excluding carboxylic acids is 4. The first-order valence-electron chi connectivity index (χ1n) is 24.0. The van der Waals surface area contributed by atoms with Crippen molar-refractivity contribution >= 4 is 32.2 Å². The van der Waals surface area contributed by atoms with Crippen molar-refractivity contribution in [3.63, 3.8) is 0 Å². The van der Waals surface area contributed by atoms with Crippen LogP contribution in [0.1, 0.15) is 152 Å². The maximum absolute atomic E-state index is 13.8. The molecule has 0 spiro atoms. The maximum Gasteiger partial charge on any atom is 0.330 e. The summed E-state index contributed by atoms with van der Waals surface area (Å²) in [6.07, 6.45) is 8.09. The number of esters is 4. The first-order chi connectivity index (χ1) is 30.3. The number of unbranched alkanes of at least 4 members (excludes halogenated alkanes) is 4. The van der Waals surface area contributed by atoms with Gasteiger partial charge in [-0.2, -0.15) is 0 Å². The number of hydrogen-bond acceptors (Lipinski definition) is 14. The van der Waals surface area contributed by atoms with E-state index < -0.39 is 73.9 Å². The first-order valence-corrected chi connectivity index (χ1v) is 26.9. The normalized spacial score (nSPS) is 33.0. The highest BCUT2D eigenvalue weighted by Crippen LogP contribution is 2.48. The van der Waals surface area contributed by atoms with Crippen LogP contribution in [-0.2, 0) is 56.8 Å². The lowest BCUT2D eigenvalue weighted by Gasteiger charge is -2.51. The zero-order valence-corrected chi connectivity index (χ0v) is 42.5. The van der Waals surface area contributed by atoms with Crippen LogP contribution in [0, 0.1) is 10.8 Å². The number of methoxy groups -OCH3 is 2. The molecule has 3 fully saturated rings. The van der Waals surface area contributed by atoms with E-state index in [9.17, 15) is 29.4 Å². The number of fused-ring (bicyclic) bond motifs is 6.